The van der Waals surface area contributed by atoms with Gasteiger partial charge in [-0.1, -0.05) is 6.92 Å². The van der Waals surface area contributed by atoms with Crippen molar-refractivity contribution in [3.05, 3.63) is 36.7 Å². The van der Waals surface area contributed by atoms with Crippen LogP contribution in [-0.4, -0.2) is 28.3 Å². The van der Waals surface area contributed by atoms with Crippen LogP contribution >= 0.6 is 11.3 Å². The first-order valence-corrected chi connectivity index (χ1v) is 8.65. The number of fused-ring (bicyclic) bond motifs is 1. The number of Topliss-reactive ketones (excluding diaryl/α,β-unsaturated/α-hetero) is 1. The summed E-state index contributed by atoms with van der Waals surface area (Å²) in [5.41, 5.74) is 2.26. The van der Waals surface area contributed by atoms with E-state index in [1.807, 2.05) is 31.2 Å². The van der Waals surface area contributed by atoms with Crippen molar-refractivity contribution in [3.8, 4) is 16.3 Å². The Morgan fingerprint density at radius 3 is 2.84 bits per heavy atom. The van der Waals surface area contributed by atoms with Gasteiger partial charge in [-0.3, -0.25) is 14.6 Å². The minimum absolute atomic E-state index is 0.0555. The van der Waals surface area contributed by atoms with Crippen molar-refractivity contribution in [2.75, 3.05) is 11.9 Å². The summed E-state index contributed by atoms with van der Waals surface area (Å²) in [5.74, 6) is 0.530. The molecule has 3 rings (SSSR count). The van der Waals surface area contributed by atoms with Crippen LogP contribution < -0.4 is 10.1 Å². The molecular formula is C18H17N3O3S. The fourth-order valence-electron chi connectivity index (χ4n) is 2.21. The lowest BCUT2D eigenvalue weighted by atomic mass is 10.2. The van der Waals surface area contributed by atoms with Gasteiger partial charge in [0, 0.05) is 31.2 Å². The van der Waals surface area contributed by atoms with Crippen molar-refractivity contribution < 1.29 is 14.3 Å². The Labute approximate surface area is 148 Å². The number of aromatic nitrogens is 2. The first-order valence-electron chi connectivity index (χ1n) is 7.83. The average molecular weight is 355 g/mol. The van der Waals surface area contributed by atoms with Gasteiger partial charge >= 0.3 is 0 Å². The van der Waals surface area contributed by atoms with Gasteiger partial charge in [0.25, 0.3) is 0 Å². The Kier molecular flexibility index (Phi) is 5.04. The Balaban J connectivity index is 1.86. The Morgan fingerprint density at radius 1 is 1.24 bits per heavy atom. The highest BCUT2D eigenvalue weighted by molar-refractivity contribution is 7.21. The maximum atomic E-state index is 11.4. The number of carbonyl (C=O) groups is 2. The molecule has 3 aromatic rings. The molecule has 2 aromatic heterocycles. The van der Waals surface area contributed by atoms with E-state index in [1.54, 1.807) is 12.4 Å². The topological polar surface area (TPSA) is 81.2 Å². The summed E-state index contributed by atoms with van der Waals surface area (Å²) in [5, 5.41) is 3.52. The lowest BCUT2D eigenvalue weighted by molar-refractivity contribution is -0.120. The molecule has 0 spiro atoms. The van der Waals surface area contributed by atoms with Gasteiger partial charge in [-0.15, -0.1) is 11.3 Å². The van der Waals surface area contributed by atoms with E-state index in [9.17, 15) is 9.59 Å². The maximum absolute atomic E-state index is 11.4. The summed E-state index contributed by atoms with van der Waals surface area (Å²) in [7, 11) is 0. The van der Waals surface area contributed by atoms with Crippen LogP contribution in [0.5, 0.6) is 5.75 Å². The average Bonchev–Trinajstić information content (AvgIpc) is 3.02. The predicted molar refractivity (Wildman–Crippen MR) is 97.9 cm³/mol. The minimum atomic E-state index is -0.147. The van der Waals surface area contributed by atoms with Crippen LogP contribution in [0.1, 0.15) is 20.3 Å². The maximum Gasteiger partial charge on any atom is 0.221 e. The first-order chi connectivity index (χ1) is 12.0. The summed E-state index contributed by atoms with van der Waals surface area (Å²) in [6, 6.07) is 7.42. The van der Waals surface area contributed by atoms with E-state index in [1.165, 1.54) is 18.3 Å². The predicted octanol–water partition coefficient (Wildman–Crippen LogP) is 3.67. The smallest absolute Gasteiger partial charge is 0.221 e. The first kappa shape index (κ1) is 17.0. The SMILES string of the molecule is CCC(=O)COc1ccc2sc(-c3cncc(NC(C)=O)c3)nc2c1. The van der Waals surface area contributed by atoms with Gasteiger partial charge in [0.15, 0.2) is 5.78 Å². The molecule has 0 saturated carbocycles. The Morgan fingerprint density at radius 2 is 2.08 bits per heavy atom. The van der Waals surface area contributed by atoms with Crippen LogP contribution in [0, 0.1) is 0 Å². The molecule has 0 aliphatic carbocycles. The molecule has 0 bridgehead atoms. The molecule has 0 atom stereocenters. The second kappa shape index (κ2) is 7.40. The van der Waals surface area contributed by atoms with E-state index in [0.29, 0.717) is 17.9 Å². The third-order valence-electron chi connectivity index (χ3n) is 3.46. The highest BCUT2D eigenvalue weighted by Gasteiger charge is 2.09. The minimum Gasteiger partial charge on any atom is -0.486 e. The number of hydrogen-bond acceptors (Lipinski definition) is 6. The van der Waals surface area contributed by atoms with E-state index in [4.69, 9.17) is 4.74 Å². The summed E-state index contributed by atoms with van der Waals surface area (Å²) in [4.78, 5) is 31.3. The number of hydrogen-bond donors (Lipinski definition) is 1. The van der Waals surface area contributed by atoms with Crippen LogP contribution in [0.15, 0.2) is 36.7 Å². The van der Waals surface area contributed by atoms with Crippen molar-refractivity contribution in [1.29, 1.82) is 0 Å². The monoisotopic (exact) mass is 355 g/mol. The lowest BCUT2D eigenvalue weighted by Gasteiger charge is -2.03. The van der Waals surface area contributed by atoms with E-state index in [0.717, 1.165) is 20.8 Å². The molecule has 25 heavy (non-hydrogen) atoms. The summed E-state index contributed by atoms with van der Waals surface area (Å²) in [6.07, 6.45) is 3.76. The van der Waals surface area contributed by atoms with Crippen LogP contribution in [0.3, 0.4) is 0 Å². The zero-order valence-corrected chi connectivity index (χ0v) is 14.7. The number of amides is 1. The van der Waals surface area contributed by atoms with Crippen LogP contribution in [0.25, 0.3) is 20.8 Å². The number of thiazole rings is 1. The molecule has 0 saturated heterocycles. The Bertz CT molecular complexity index is 936. The molecular weight excluding hydrogens is 338 g/mol. The van der Waals surface area contributed by atoms with E-state index < -0.39 is 0 Å². The van der Waals surface area contributed by atoms with Crippen molar-refractivity contribution in [1.82, 2.24) is 9.97 Å². The molecule has 0 fully saturated rings. The zero-order valence-electron chi connectivity index (χ0n) is 13.9. The number of ketones is 1. The molecule has 7 heteroatoms. The third kappa shape index (κ3) is 4.19. The number of benzene rings is 1. The summed E-state index contributed by atoms with van der Waals surface area (Å²) < 4.78 is 6.51. The largest absolute Gasteiger partial charge is 0.486 e. The van der Waals surface area contributed by atoms with Gasteiger partial charge in [0.05, 0.1) is 22.1 Å². The third-order valence-corrected chi connectivity index (χ3v) is 4.54. The molecule has 0 unspecified atom stereocenters. The van der Waals surface area contributed by atoms with E-state index in [-0.39, 0.29) is 18.3 Å². The molecule has 6 nitrogen and oxygen atoms in total. The fourth-order valence-corrected chi connectivity index (χ4v) is 3.14. The fraction of sp³-hybridized carbons (Fsp3) is 0.222. The Hall–Kier alpha value is -2.80. The van der Waals surface area contributed by atoms with E-state index in [2.05, 4.69) is 15.3 Å². The number of nitrogens with one attached hydrogen (secondary N) is 1. The normalized spacial score (nSPS) is 10.6. The van der Waals surface area contributed by atoms with Crippen LogP contribution in [0.2, 0.25) is 0 Å². The molecule has 0 aliphatic heterocycles. The molecule has 2 heterocycles. The summed E-state index contributed by atoms with van der Waals surface area (Å²) in [6.45, 7) is 3.33. The van der Waals surface area contributed by atoms with Crippen LogP contribution in [0.4, 0.5) is 5.69 Å². The molecule has 1 aromatic carbocycles. The lowest BCUT2D eigenvalue weighted by Crippen LogP contribution is -2.09. The molecule has 0 aliphatic rings. The highest BCUT2D eigenvalue weighted by Crippen LogP contribution is 2.32. The van der Waals surface area contributed by atoms with Crippen molar-refractivity contribution in [2.45, 2.75) is 20.3 Å². The molecule has 128 valence electrons. The number of rotatable bonds is 6. The van der Waals surface area contributed by atoms with Gasteiger partial charge in [-0.05, 0) is 18.2 Å². The van der Waals surface area contributed by atoms with Gasteiger partial charge in [-0.25, -0.2) is 4.98 Å². The van der Waals surface area contributed by atoms with Crippen LogP contribution in [-0.2, 0) is 9.59 Å². The number of pyridine rings is 1. The van der Waals surface area contributed by atoms with Crippen molar-refractivity contribution in [3.63, 3.8) is 0 Å². The standard InChI is InChI=1S/C18H17N3O3S/c1-3-14(23)10-24-15-4-5-17-16(7-15)21-18(25-17)12-6-13(9-19-8-12)20-11(2)22/h4-9H,3,10H2,1-2H3,(H,20,22). The van der Waals surface area contributed by atoms with E-state index >= 15 is 0 Å². The number of ether oxygens (including phenoxy) is 1. The number of nitrogens with zero attached hydrogens (tertiary/aromatic N) is 2. The number of carbonyl (C=O) groups excluding carboxylic acids is 2. The van der Waals surface area contributed by atoms with Crippen molar-refractivity contribution in [2.24, 2.45) is 0 Å². The second-order valence-electron chi connectivity index (χ2n) is 5.47. The summed E-state index contributed by atoms with van der Waals surface area (Å²) >= 11 is 1.53. The van der Waals surface area contributed by atoms with Gasteiger partial charge in [0.1, 0.15) is 17.4 Å². The molecule has 1 amide bonds. The van der Waals surface area contributed by atoms with Gasteiger partial charge in [0.2, 0.25) is 5.91 Å². The van der Waals surface area contributed by atoms with Crippen molar-refractivity contribution >= 4 is 38.9 Å². The quantitative estimate of drug-likeness (QED) is 0.729. The second-order valence-corrected chi connectivity index (χ2v) is 6.50. The molecule has 1 N–H and O–H groups in total. The zero-order chi connectivity index (χ0) is 17.8. The molecule has 0 radical (unpaired) electrons. The van der Waals surface area contributed by atoms with Gasteiger partial charge in [-0.2, -0.15) is 0 Å². The highest BCUT2D eigenvalue weighted by atomic mass is 32.1. The van der Waals surface area contributed by atoms with Gasteiger partial charge < -0.3 is 10.1 Å². The number of anilines is 1.